The molecule has 3 aromatic rings. The molecule has 1 aromatic carbocycles. The lowest BCUT2D eigenvalue weighted by Crippen LogP contribution is -2.09. The van der Waals surface area contributed by atoms with Gasteiger partial charge in [-0.3, -0.25) is 0 Å². The van der Waals surface area contributed by atoms with E-state index in [1.54, 1.807) is 13.0 Å². The van der Waals surface area contributed by atoms with Crippen molar-refractivity contribution in [3.05, 3.63) is 39.5 Å². The van der Waals surface area contributed by atoms with Gasteiger partial charge in [0.15, 0.2) is 28.5 Å². The highest BCUT2D eigenvalue weighted by Gasteiger charge is 2.25. The smallest absolute Gasteiger partial charge is 0.177 e. The fraction of sp³-hybridized carbons (Fsp3) is 0.136. The van der Waals surface area contributed by atoms with Crippen LogP contribution in [0.2, 0.25) is 0 Å². The molecule has 0 saturated carbocycles. The number of nitrogens with zero attached hydrogens (tertiary/aromatic N) is 11. The van der Waals surface area contributed by atoms with E-state index in [2.05, 4.69) is 24.9 Å². The van der Waals surface area contributed by atoms with E-state index in [-0.39, 0.29) is 61.8 Å². The summed E-state index contributed by atoms with van der Waals surface area (Å²) in [5.74, 6) is 0. The van der Waals surface area contributed by atoms with Crippen molar-refractivity contribution >= 4 is 33.5 Å². The molecule has 0 atom stereocenters. The third kappa shape index (κ3) is 3.04. The zero-order chi connectivity index (χ0) is 23.7. The van der Waals surface area contributed by atoms with Gasteiger partial charge in [0.05, 0.1) is 16.8 Å². The van der Waals surface area contributed by atoms with E-state index in [4.69, 9.17) is 0 Å². The number of aromatic nitrogens is 4. The van der Waals surface area contributed by atoms with Crippen molar-refractivity contribution in [1.82, 2.24) is 19.9 Å². The molecule has 0 bridgehead atoms. The van der Waals surface area contributed by atoms with E-state index >= 15 is 0 Å². The maximum Gasteiger partial charge on any atom is 0.177 e. The number of hydrogen-bond acceptors (Lipinski definition) is 11. The van der Waals surface area contributed by atoms with Crippen molar-refractivity contribution in [1.29, 1.82) is 31.6 Å². The fourth-order valence-electron chi connectivity index (χ4n) is 3.54. The Balaban J connectivity index is 2.33. The molecule has 11 nitrogen and oxygen atoms in total. The van der Waals surface area contributed by atoms with Crippen molar-refractivity contribution in [2.75, 3.05) is 0 Å². The van der Waals surface area contributed by atoms with Gasteiger partial charge in [-0.2, -0.15) is 31.6 Å². The Morgan fingerprint density at radius 1 is 0.576 bits per heavy atom. The standard InChI is InChI=1S/C22H7N11/c1-10-2-3-11-18(29-13(5-24)12(10)4-23)20-22(33-17(9-28)16(8-27)32-20)21-19(11)30-14(6-25)15(7-26)31-21/h2-3H2,1H3. The van der Waals surface area contributed by atoms with Crippen LogP contribution in [0.5, 0.6) is 0 Å². The van der Waals surface area contributed by atoms with E-state index in [1.165, 1.54) is 0 Å². The molecule has 0 spiro atoms. The zero-order valence-electron chi connectivity index (χ0n) is 16.8. The summed E-state index contributed by atoms with van der Waals surface area (Å²) in [5, 5.41) is 56.9. The summed E-state index contributed by atoms with van der Waals surface area (Å²) < 4.78 is 0. The number of hydrogen-bond donors (Lipinski definition) is 0. The Bertz CT molecular complexity index is 1730. The summed E-state index contributed by atoms with van der Waals surface area (Å²) in [6.07, 6.45) is 0.672. The zero-order valence-corrected chi connectivity index (χ0v) is 16.8. The highest BCUT2D eigenvalue weighted by molar-refractivity contribution is 6.18. The molecular formula is C22H7N11. The molecule has 1 aliphatic heterocycles. The van der Waals surface area contributed by atoms with Gasteiger partial charge >= 0.3 is 0 Å². The van der Waals surface area contributed by atoms with Crippen molar-refractivity contribution < 1.29 is 0 Å². The molecular weight excluding hydrogens is 418 g/mol. The predicted octanol–water partition coefficient (Wildman–Crippen LogP) is 2.44. The first-order valence-electron chi connectivity index (χ1n) is 9.28. The minimum Gasteiger partial charge on any atom is -0.234 e. The molecule has 0 unspecified atom stereocenters. The average molecular weight is 425 g/mol. The Kier molecular flexibility index (Phi) is 4.87. The summed E-state index contributed by atoms with van der Waals surface area (Å²) in [4.78, 5) is 21.4. The van der Waals surface area contributed by atoms with Gasteiger partial charge < -0.3 is 0 Å². The summed E-state index contributed by atoms with van der Waals surface area (Å²) in [6.45, 7) is 1.71. The van der Waals surface area contributed by atoms with E-state index in [0.29, 0.717) is 24.0 Å². The number of nitriles is 6. The van der Waals surface area contributed by atoms with Crippen LogP contribution in [0.4, 0.5) is 5.69 Å². The minimum atomic E-state index is -0.264. The first-order valence-corrected chi connectivity index (χ1v) is 9.28. The second-order valence-corrected chi connectivity index (χ2v) is 6.85. The van der Waals surface area contributed by atoms with Crippen molar-refractivity contribution in [2.24, 2.45) is 4.99 Å². The third-order valence-corrected chi connectivity index (χ3v) is 5.09. The van der Waals surface area contributed by atoms with Crippen LogP contribution in [0, 0.1) is 68.0 Å². The lowest BCUT2D eigenvalue weighted by Gasteiger charge is -2.16. The summed E-state index contributed by atoms with van der Waals surface area (Å²) in [5.41, 5.74) is 0.715. The number of allylic oxidation sites excluding steroid dienone is 2. The van der Waals surface area contributed by atoms with Crippen LogP contribution in [0.15, 0.2) is 16.1 Å². The fourth-order valence-corrected chi connectivity index (χ4v) is 3.54. The summed E-state index contributed by atoms with van der Waals surface area (Å²) in [7, 11) is 0. The molecule has 33 heavy (non-hydrogen) atoms. The lowest BCUT2D eigenvalue weighted by atomic mass is 9.94. The molecule has 2 aromatic heterocycles. The number of rotatable bonds is 0. The Labute approximate surface area is 186 Å². The van der Waals surface area contributed by atoms with Crippen LogP contribution in [0.3, 0.4) is 0 Å². The quantitative estimate of drug-likeness (QED) is 0.480. The molecule has 0 amide bonds. The number of aryl methyl sites for hydroxylation is 1. The van der Waals surface area contributed by atoms with E-state index in [0.717, 1.165) is 0 Å². The van der Waals surface area contributed by atoms with Crippen LogP contribution in [0.25, 0.3) is 22.1 Å². The van der Waals surface area contributed by atoms with Gasteiger partial charge in [0.1, 0.15) is 53.0 Å². The molecule has 11 heteroatoms. The monoisotopic (exact) mass is 425 g/mol. The maximum atomic E-state index is 9.67. The molecule has 150 valence electrons. The van der Waals surface area contributed by atoms with Crippen LogP contribution in [0.1, 0.15) is 41.7 Å². The molecule has 0 N–H and O–H groups in total. The third-order valence-electron chi connectivity index (χ3n) is 5.09. The lowest BCUT2D eigenvalue weighted by molar-refractivity contribution is 0.935. The van der Waals surface area contributed by atoms with Crippen LogP contribution in [-0.4, -0.2) is 25.6 Å². The second kappa shape index (κ2) is 7.82. The first-order chi connectivity index (χ1) is 16.0. The first kappa shape index (κ1) is 20.5. The van der Waals surface area contributed by atoms with Crippen molar-refractivity contribution in [3.8, 4) is 36.4 Å². The van der Waals surface area contributed by atoms with Crippen LogP contribution < -0.4 is 0 Å². The molecule has 0 fully saturated rings. The summed E-state index contributed by atoms with van der Waals surface area (Å²) in [6, 6.07) is 11.2. The van der Waals surface area contributed by atoms with Gasteiger partial charge in [0.2, 0.25) is 0 Å². The van der Waals surface area contributed by atoms with Gasteiger partial charge in [0, 0.05) is 5.56 Å². The van der Waals surface area contributed by atoms with E-state index in [9.17, 15) is 31.6 Å². The molecule has 3 heterocycles. The highest BCUT2D eigenvalue weighted by Crippen LogP contribution is 2.38. The number of fused-ring (bicyclic) bond motifs is 6. The minimum absolute atomic E-state index is 0.0358. The largest absolute Gasteiger partial charge is 0.234 e. The Hall–Kier alpha value is -5.75. The average Bonchev–Trinajstić information content (AvgIpc) is 2.84. The van der Waals surface area contributed by atoms with E-state index in [1.807, 2.05) is 30.3 Å². The normalized spacial score (nSPS) is 12.6. The topological polar surface area (TPSA) is 207 Å². The number of aliphatic imine (C=N–C) groups is 1. The molecule has 1 aliphatic rings. The SMILES string of the molecule is CC1=C(C#N)C(C#N)=Nc2c(c3nc(C#N)c(C#N)nc3c3nc(C#N)c(C#N)nc23)CC1. The molecule has 0 saturated heterocycles. The van der Waals surface area contributed by atoms with Crippen LogP contribution >= 0.6 is 0 Å². The summed E-state index contributed by atoms with van der Waals surface area (Å²) >= 11 is 0. The van der Waals surface area contributed by atoms with Gasteiger partial charge in [0.25, 0.3) is 0 Å². The van der Waals surface area contributed by atoms with Gasteiger partial charge in [-0.15, -0.1) is 0 Å². The predicted molar refractivity (Wildman–Crippen MR) is 111 cm³/mol. The van der Waals surface area contributed by atoms with Gasteiger partial charge in [-0.05, 0) is 19.8 Å². The Morgan fingerprint density at radius 2 is 1.06 bits per heavy atom. The van der Waals surface area contributed by atoms with Crippen molar-refractivity contribution in [3.63, 3.8) is 0 Å². The second-order valence-electron chi connectivity index (χ2n) is 6.85. The molecule has 0 aliphatic carbocycles. The van der Waals surface area contributed by atoms with Gasteiger partial charge in [-0.1, -0.05) is 5.57 Å². The van der Waals surface area contributed by atoms with Gasteiger partial charge in [-0.25, -0.2) is 24.9 Å². The van der Waals surface area contributed by atoms with Crippen LogP contribution in [-0.2, 0) is 6.42 Å². The number of benzene rings is 1. The molecule has 4 rings (SSSR count). The Morgan fingerprint density at radius 3 is 1.55 bits per heavy atom. The van der Waals surface area contributed by atoms with Crippen molar-refractivity contribution in [2.45, 2.75) is 19.8 Å². The molecule has 0 radical (unpaired) electrons. The maximum absolute atomic E-state index is 9.67. The highest BCUT2D eigenvalue weighted by atomic mass is 14.9. The van der Waals surface area contributed by atoms with E-state index < -0.39 is 0 Å².